The van der Waals surface area contributed by atoms with Gasteiger partial charge in [0.15, 0.2) is 0 Å². The predicted molar refractivity (Wildman–Crippen MR) is 81.5 cm³/mol. The Morgan fingerprint density at radius 3 is 2.33 bits per heavy atom. The largest absolute Gasteiger partial charge is 0.508 e. The Hall–Kier alpha value is -2.74. The fourth-order valence-electron chi connectivity index (χ4n) is 2.58. The summed E-state index contributed by atoms with van der Waals surface area (Å²) in [4.78, 5) is 8.75. The predicted octanol–water partition coefficient (Wildman–Crippen LogP) is 1.99. The van der Waals surface area contributed by atoms with Crippen molar-refractivity contribution in [2.45, 2.75) is 0 Å². The fraction of sp³-hybridized carbons (Fsp3) is 0.250. The highest BCUT2D eigenvalue weighted by molar-refractivity contribution is 5.56. The maximum Gasteiger partial charge on any atom is 0.146 e. The number of aromatic hydroxyl groups is 1. The maximum absolute atomic E-state index is 9.34. The molecule has 0 saturated carbocycles. The molecule has 1 N–H and O–H groups in total. The second-order valence-electron chi connectivity index (χ2n) is 4.98. The van der Waals surface area contributed by atoms with E-state index in [0.717, 1.165) is 37.7 Å². The lowest BCUT2D eigenvalue weighted by Gasteiger charge is -2.37. The molecule has 3 rings (SSSR count). The molecule has 1 aromatic carbocycles. The van der Waals surface area contributed by atoms with Gasteiger partial charge in [-0.25, -0.2) is 4.98 Å². The van der Waals surface area contributed by atoms with Gasteiger partial charge >= 0.3 is 0 Å². The van der Waals surface area contributed by atoms with Crippen molar-refractivity contribution in [3.8, 4) is 11.8 Å². The Balaban J connectivity index is 1.70. The lowest BCUT2D eigenvalue weighted by atomic mass is 10.2. The second kappa shape index (κ2) is 5.71. The summed E-state index contributed by atoms with van der Waals surface area (Å²) >= 11 is 0. The lowest BCUT2D eigenvalue weighted by molar-refractivity contribution is 0.475. The van der Waals surface area contributed by atoms with Crippen LogP contribution in [-0.2, 0) is 0 Å². The highest BCUT2D eigenvalue weighted by Gasteiger charge is 2.20. The minimum atomic E-state index is 0.282. The SMILES string of the molecule is N#Cc1cccnc1N1CCN(c2ccc(O)cc2)CC1. The van der Waals surface area contributed by atoms with Crippen molar-refractivity contribution in [2.24, 2.45) is 0 Å². The Morgan fingerprint density at radius 2 is 1.67 bits per heavy atom. The number of anilines is 2. The normalized spacial score (nSPS) is 14.8. The summed E-state index contributed by atoms with van der Waals surface area (Å²) in [5.41, 5.74) is 1.73. The molecule has 2 aromatic rings. The first-order valence-electron chi connectivity index (χ1n) is 6.92. The van der Waals surface area contributed by atoms with Gasteiger partial charge < -0.3 is 14.9 Å². The van der Waals surface area contributed by atoms with Gasteiger partial charge in [-0.2, -0.15) is 5.26 Å². The Labute approximate surface area is 123 Å². The number of benzene rings is 1. The molecular weight excluding hydrogens is 264 g/mol. The van der Waals surface area contributed by atoms with Crippen LogP contribution in [0.25, 0.3) is 0 Å². The minimum Gasteiger partial charge on any atom is -0.508 e. The number of nitriles is 1. The molecule has 1 aliphatic rings. The van der Waals surface area contributed by atoms with Crippen LogP contribution in [0.1, 0.15) is 5.56 Å². The van der Waals surface area contributed by atoms with Crippen molar-refractivity contribution in [3.63, 3.8) is 0 Å². The van der Waals surface area contributed by atoms with Gasteiger partial charge in [-0.3, -0.25) is 0 Å². The summed E-state index contributed by atoms with van der Waals surface area (Å²) in [7, 11) is 0. The third-order valence-corrected chi connectivity index (χ3v) is 3.70. The van der Waals surface area contributed by atoms with E-state index in [4.69, 9.17) is 5.26 Å². The van der Waals surface area contributed by atoms with Crippen LogP contribution in [0.4, 0.5) is 11.5 Å². The number of aromatic nitrogens is 1. The molecule has 5 heteroatoms. The number of phenolic OH excluding ortho intramolecular Hbond substituents is 1. The number of hydrogen-bond donors (Lipinski definition) is 1. The molecule has 0 amide bonds. The van der Waals surface area contributed by atoms with Crippen molar-refractivity contribution in [1.29, 1.82) is 5.26 Å². The molecule has 0 atom stereocenters. The molecular formula is C16H16N4O. The van der Waals surface area contributed by atoms with Gasteiger partial charge in [0.05, 0.1) is 5.56 Å². The molecule has 0 radical (unpaired) electrons. The smallest absolute Gasteiger partial charge is 0.146 e. The van der Waals surface area contributed by atoms with Gasteiger partial charge in [0.1, 0.15) is 17.6 Å². The average Bonchev–Trinajstić information content (AvgIpc) is 2.56. The van der Waals surface area contributed by atoms with Crippen LogP contribution in [0.2, 0.25) is 0 Å². The van der Waals surface area contributed by atoms with Crippen LogP contribution in [-0.4, -0.2) is 36.3 Å². The fourth-order valence-corrected chi connectivity index (χ4v) is 2.58. The van der Waals surface area contributed by atoms with Gasteiger partial charge in [0, 0.05) is 38.1 Å². The van der Waals surface area contributed by atoms with Crippen LogP contribution in [0.3, 0.4) is 0 Å². The molecule has 0 unspecified atom stereocenters. The highest BCUT2D eigenvalue weighted by atomic mass is 16.3. The Morgan fingerprint density at radius 1 is 1.00 bits per heavy atom. The quantitative estimate of drug-likeness (QED) is 0.911. The summed E-state index contributed by atoms with van der Waals surface area (Å²) < 4.78 is 0. The van der Waals surface area contributed by atoms with Crippen LogP contribution in [0.5, 0.6) is 5.75 Å². The van der Waals surface area contributed by atoms with Crippen LogP contribution in [0.15, 0.2) is 42.6 Å². The second-order valence-corrected chi connectivity index (χ2v) is 4.98. The molecule has 1 aromatic heterocycles. The molecule has 1 saturated heterocycles. The van der Waals surface area contributed by atoms with Crippen LogP contribution >= 0.6 is 0 Å². The number of piperazine rings is 1. The zero-order valence-electron chi connectivity index (χ0n) is 11.6. The molecule has 0 bridgehead atoms. The number of phenols is 1. The minimum absolute atomic E-state index is 0.282. The zero-order valence-corrected chi connectivity index (χ0v) is 11.6. The molecule has 106 valence electrons. The van der Waals surface area contributed by atoms with E-state index < -0.39 is 0 Å². The number of hydrogen-bond acceptors (Lipinski definition) is 5. The molecule has 21 heavy (non-hydrogen) atoms. The summed E-state index contributed by atoms with van der Waals surface area (Å²) in [6, 6.07) is 13.0. The van der Waals surface area contributed by atoms with Gasteiger partial charge in [0.25, 0.3) is 0 Å². The first-order valence-corrected chi connectivity index (χ1v) is 6.92. The van der Waals surface area contributed by atoms with Gasteiger partial charge in [-0.05, 0) is 36.4 Å². The summed E-state index contributed by atoms with van der Waals surface area (Å²) in [6.45, 7) is 3.39. The van der Waals surface area contributed by atoms with E-state index >= 15 is 0 Å². The molecule has 1 fully saturated rings. The number of rotatable bonds is 2. The molecule has 1 aliphatic heterocycles. The van der Waals surface area contributed by atoms with Crippen LogP contribution in [0, 0.1) is 11.3 Å². The van der Waals surface area contributed by atoms with Gasteiger partial charge in [-0.15, -0.1) is 0 Å². The molecule has 0 aliphatic carbocycles. The van der Waals surface area contributed by atoms with Crippen molar-refractivity contribution in [2.75, 3.05) is 36.0 Å². The van der Waals surface area contributed by atoms with Crippen molar-refractivity contribution >= 4 is 11.5 Å². The summed E-state index contributed by atoms with van der Waals surface area (Å²) in [5, 5.41) is 18.5. The summed E-state index contributed by atoms with van der Waals surface area (Å²) in [5.74, 6) is 1.05. The Bertz CT molecular complexity index is 655. The van der Waals surface area contributed by atoms with Crippen molar-refractivity contribution < 1.29 is 5.11 Å². The first-order chi connectivity index (χ1) is 10.3. The van der Waals surface area contributed by atoms with Crippen molar-refractivity contribution in [3.05, 3.63) is 48.2 Å². The maximum atomic E-state index is 9.34. The average molecular weight is 280 g/mol. The number of pyridine rings is 1. The van der Waals surface area contributed by atoms with E-state index in [1.54, 1.807) is 30.5 Å². The molecule has 0 spiro atoms. The van der Waals surface area contributed by atoms with E-state index in [0.29, 0.717) is 5.56 Å². The standard InChI is InChI=1S/C16H16N4O/c17-12-13-2-1-7-18-16(13)20-10-8-19(9-11-20)14-3-5-15(21)6-4-14/h1-7,21H,8-11H2. The highest BCUT2D eigenvalue weighted by Crippen LogP contribution is 2.22. The lowest BCUT2D eigenvalue weighted by Crippen LogP contribution is -2.47. The van der Waals surface area contributed by atoms with E-state index in [1.807, 2.05) is 12.1 Å². The van der Waals surface area contributed by atoms with Crippen LogP contribution < -0.4 is 9.80 Å². The van der Waals surface area contributed by atoms with Crippen molar-refractivity contribution in [1.82, 2.24) is 4.98 Å². The Kier molecular flexibility index (Phi) is 3.61. The van der Waals surface area contributed by atoms with E-state index in [-0.39, 0.29) is 5.75 Å². The number of nitrogens with zero attached hydrogens (tertiary/aromatic N) is 4. The third kappa shape index (κ3) is 2.75. The van der Waals surface area contributed by atoms with Gasteiger partial charge in [0.2, 0.25) is 0 Å². The third-order valence-electron chi connectivity index (χ3n) is 3.70. The van der Waals surface area contributed by atoms with E-state index in [1.165, 1.54) is 0 Å². The first kappa shape index (κ1) is 13.3. The molecule has 5 nitrogen and oxygen atoms in total. The monoisotopic (exact) mass is 280 g/mol. The zero-order chi connectivity index (χ0) is 14.7. The topological polar surface area (TPSA) is 63.4 Å². The summed E-state index contributed by atoms with van der Waals surface area (Å²) in [6.07, 6.45) is 1.72. The molecule has 2 heterocycles. The van der Waals surface area contributed by atoms with E-state index in [2.05, 4.69) is 20.9 Å². The van der Waals surface area contributed by atoms with E-state index in [9.17, 15) is 5.11 Å². The van der Waals surface area contributed by atoms with Gasteiger partial charge in [-0.1, -0.05) is 0 Å².